The molecule has 0 saturated heterocycles. The SMILES string of the molecule is CC(C)C(CN(C)C)NC(=O)CC(N)C(C)(C)C. The van der Waals surface area contributed by atoms with E-state index in [0.717, 1.165) is 6.54 Å². The van der Waals surface area contributed by atoms with Crippen molar-refractivity contribution in [1.82, 2.24) is 10.2 Å². The van der Waals surface area contributed by atoms with Crippen molar-refractivity contribution in [3.05, 3.63) is 0 Å². The highest BCUT2D eigenvalue weighted by molar-refractivity contribution is 5.77. The molecule has 0 heterocycles. The van der Waals surface area contributed by atoms with Crippen molar-refractivity contribution < 1.29 is 4.79 Å². The highest BCUT2D eigenvalue weighted by Gasteiger charge is 2.25. The maximum absolute atomic E-state index is 12.0. The summed E-state index contributed by atoms with van der Waals surface area (Å²) in [6, 6.07) is 0.0735. The number of nitrogens with two attached hydrogens (primary N) is 1. The van der Waals surface area contributed by atoms with E-state index in [-0.39, 0.29) is 23.4 Å². The Kier molecular flexibility index (Phi) is 6.86. The van der Waals surface area contributed by atoms with E-state index in [1.165, 1.54) is 0 Å². The largest absolute Gasteiger partial charge is 0.352 e. The minimum atomic E-state index is -0.107. The molecule has 4 heteroatoms. The Morgan fingerprint density at radius 1 is 1.28 bits per heavy atom. The standard InChI is InChI=1S/C14H31N3O/c1-10(2)11(9-17(6)7)16-13(18)8-12(15)14(3,4)5/h10-12H,8-9,15H2,1-7H3,(H,16,18). The minimum absolute atomic E-state index is 0.0355. The number of likely N-dealkylation sites (N-methyl/N-ethyl adjacent to an activating group) is 1. The van der Waals surface area contributed by atoms with Gasteiger partial charge in [-0.05, 0) is 25.4 Å². The number of carbonyl (C=O) groups is 1. The highest BCUT2D eigenvalue weighted by Crippen LogP contribution is 2.19. The summed E-state index contributed by atoms with van der Waals surface area (Å²) in [5.41, 5.74) is 6.00. The first kappa shape index (κ1) is 17.4. The fourth-order valence-electron chi connectivity index (χ4n) is 1.59. The van der Waals surface area contributed by atoms with Gasteiger partial charge in [-0.15, -0.1) is 0 Å². The molecule has 0 bridgehead atoms. The third-order valence-corrected chi connectivity index (χ3v) is 3.23. The van der Waals surface area contributed by atoms with Crippen LogP contribution in [0.15, 0.2) is 0 Å². The van der Waals surface area contributed by atoms with E-state index in [2.05, 4.69) is 44.8 Å². The number of hydrogen-bond acceptors (Lipinski definition) is 3. The van der Waals surface area contributed by atoms with Gasteiger partial charge < -0.3 is 16.0 Å². The summed E-state index contributed by atoms with van der Waals surface area (Å²) < 4.78 is 0. The van der Waals surface area contributed by atoms with Crippen molar-refractivity contribution in [1.29, 1.82) is 0 Å². The van der Waals surface area contributed by atoms with Gasteiger partial charge in [-0.1, -0.05) is 34.6 Å². The molecule has 0 aromatic carbocycles. The number of carbonyl (C=O) groups excluding carboxylic acids is 1. The lowest BCUT2D eigenvalue weighted by molar-refractivity contribution is -0.123. The Hall–Kier alpha value is -0.610. The average molecular weight is 257 g/mol. The van der Waals surface area contributed by atoms with Crippen LogP contribution in [0.3, 0.4) is 0 Å². The summed E-state index contributed by atoms with van der Waals surface area (Å²) in [5, 5.41) is 3.09. The first-order valence-electron chi connectivity index (χ1n) is 6.73. The zero-order chi connectivity index (χ0) is 14.5. The predicted molar refractivity (Wildman–Crippen MR) is 77.4 cm³/mol. The topological polar surface area (TPSA) is 58.4 Å². The number of nitrogens with one attached hydrogen (secondary N) is 1. The van der Waals surface area contributed by atoms with Crippen LogP contribution in [0, 0.1) is 11.3 Å². The molecule has 0 aromatic heterocycles. The third kappa shape index (κ3) is 6.97. The molecule has 0 fully saturated rings. The van der Waals surface area contributed by atoms with E-state index in [1.54, 1.807) is 0 Å². The monoisotopic (exact) mass is 257 g/mol. The molecular formula is C14H31N3O. The van der Waals surface area contributed by atoms with Gasteiger partial charge >= 0.3 is 0 Å². The van der Waals surface area contributed by atoms with Gasteiger partial charge in [-0.2, -0.15) is 0 Å². The summed E-state index contributed by atoms with van der Waals surface area (Å²) >= 11 is 0. The third-order valence-electron chi connectivity index (χ3n) is 3.23. The van der Waals surface area contributed by atoms with Crippen LogP contribution in [-0.2, 0) is 4.79 Å². The summed E-state index contributed by atoms with van der Waals surface area (Å²) in [4.78, 5) is 14.1. The van der Waals surface area contributed by atoms with Gasteiger partial charge in [-0.25, -0.2) is 0 Å². The van der Waals surface area contributed by atoms with Gasteiger partial charge in [0.15, 0.2) is 0 Å². The highest BCUT2D eigenvalue weighted by atomic mass is 16.1. The zero-order valence-electron chi connectivity index (χ0n) is 13.1. The fraction of sp³-hybridized carbons (Fsp3) is 0.929. The van der Waals surface area contributed by atoms with Crippen LogP contribution < -0.4 is 11.1 Å². The number of rotatable bonds is 6. The van der Waals surface area contributed by atoms with E-state index in [1.807, 2.05) is 14.1 Å². The minimum Gasteiger partial charge on any atom is -0.352 e. The smallest absolute Gasteiger partial charge is 0.221 e. The Balaban J connectivity index is 4.35. The van der Waals surface area contributed by atoms with E-state index in [4.69, 9.17) is 5.73 Å². The number of nitrogens with zero attached hydrogens (tertiary/aromatic N) is 1. The van der Waals surface area contributed by atoms with Gasteiger partial charge in [0.2, 0.25) is 5.91 Å². The van der Waals surface area contributed by atoms with Crippen LogP contribution in [0.4, 0.5) is 0 Å². The van der Waals surface area contributed by atoms with E-state index >= 15 is 0 Å². The molecule has 4 nitrogen and oxygen atoms in total. The van der Waals surface area contributed by atoms with Gasteiger partial charge in [0.25, 0.3) is 0 Å². The van der Waals surface area contributed by atoms with E-state index in [9.17, 15) is 4.79 Å². The van der Waals surface area contributed by atoms with Crippen LogP contribution in [0.25, 0.3) is 0 Å². The van der Waals surface area contributed by atoms with Gasteiger partial charge in [-0.3, -0.25) is 4.79 Å². The lowest BCUT2D eigenvalue weighted by Crippen LogP contribution is -2.47. The van der Waals surface area contributed by atoms with Gasteiger partial charge in [0.1, 0.15) is 0 Å². The predicted octanol–water partition coefficient (Wildman–Crippen LogP) is 1.45. The Bertz CT molecular complexity index is 256. The Labute approximate surface area is 112 Å². The van der Waals surface area contributed by atoms with Crippen molar-refractivity contribution in [2.45, 2.75) is 53.1 Å². The number of amides is 1. The summed E-state index contributed by atoms with van der Waals surface area (Å²) in [7, 11) is 4.03. The molecule has 0 aromatic rings. The summed E-state index contributed by atoms with van der Waals surface area (Å²) in [6.07, 6.45) is 0.389. The van der Waals surface area contributed by atoms with E-state index in [0.29, 0.717) is 12.3 Å². The molecule has 0 aliphatic heterocycles. The van der Waals surface area contributed by atoms with Crippen molar-refractivity contribution in [3.8, 4) is 0 Å². The molecular weight excluding hydrogens is 226 g/mol. The second-order valence-corrected chi connectivity index (χ2v) is 6.86. The molecule has 108 valence electrons. The molecule has 18 heavy (non-hydrogen) atoms. The summed E-state index contributed by atoms with van der Waals surface area (Å²) in [6.45, 7) is 11.3. The molecule has 0 aliphatic rings. The van der Waals surface area contributed by atoms with Crippen molar-refractivity contribution in [2.24, 2.45) is 17.1 Å². The second kappa shape index (κ2) is 7.10. The van der Waals surface area contributed by atoms with Crippen molar-refractivity contribution in [2.75, 3.05) is 20.6 Å². The molecule has 2 unspecified atom stereocenters. The summed E-state index contributed by atoms with van der Waals surface area (Å²) in [5.74, 6) is 0.472. The van der Waals surface area contributed by atoms with Crippen LogP contribution in [0.5, 0.6) is 0 Å². The second-order valence-electron chi connectivity index (χ2n) is 6.86. The number of hydrogen-bond donors (Lipinski definition) is 2. The molecule has 0 spiro atoms. The molecule has 0 rings (SSSR count). The molecule has 0 saturated carbocycles. The van der Waals surface area contributed by atoms with Gasteiger partial charge in [0, 0.05) is 25.0 Å². The maximum Gasteiger partial charge on any atom is 0.221 e. The zero-order valence-corrected chi connectivity index (χ0v) is 13.1. The van der Waals surface area contributed by atoms with Crippen molar-refractivity contribution in [3.63, 3.8) is 0 Å². The molecule has 3 N–H and O–H groups in total. The van der Waals surface area contributed by atoms with Crippen LogP contribution in [0.1, 0.15) is 41.0 Å². The Morgan fingerprint density at radius 2 is 1.78 bits per heavy atom. The lowest BCUT2D eigenvalue weighted by Gasteiger charge is -2.29. The normalized spacial score (nSPS) is 15.9. The van der Waals surface area contributed by atoms with Gasteiger partial charge in [0.05, 0.1) is 0 Å². The molecule has 0 aliphatic carbocycles. The lowest BCUT2D eigenvalue weighted by atomic mass is 9.85. The first-order chi connectivity index (χ1) is 8.04. The van der Waals surface area contributed by atoms with Crippen LogP contribution in [0.2, 0.25) is 0 Å². The van der Waals surface area contributed by atoms with Crippen LogP contribution >= 0.6 is 0 Å². The maximum atomic E-state index is 12.0. The molecule has 2 atom stereocenters. The molecule has 0 radical (unpaired) electrons. The first-order valence-corrected chi connectivity index (χ1v) is 6.73. The molecule has 1 amide bonds. The van der Waals surface area contributed by atoms with E-state index < -0.39 is 0 Å². The van der Waals surface area contributed by atoms with Crippen molar-refractivity contribution >= 4 is 5.91 Å². The fourth-order valence-corrected chi connectivity index (χ4v) is 1.59. The average Bonchev–Trinajstić information content (AvgIpc) is 2.13. The Morgan fingerprint density at radius 3 is 2.11 bits per heavy atom. The van der Waals surface area contributed by atoms with Crippen LogP contribution in [-0.4, -0.2) is 43.5 Å². The quantitative estimate of drug-likeness (QED) is 0.757.